The third-order valence-corrected chi connectivity index (χ3v) is 3.32. The van der Waals surface area contributed by atoms with E-state index in [0.717, 1.165) is 0 Å². The van der Waals surface area contributed by atoms with Gasteiger partial charge in [-0.15, -0.1) is 0 Å². The molecule has 0 unspecified atom stereocenters. The smallest absolute Gasteiger partial charge is 0.0579 e. The van der Waals surface area contributed by atoms with Gasteiger partial charge in [0.25, 0.3) is 0 Å². The molecule has 0 saturated heterocycles. The van der Waals surface area contributed by atoms with E-state index in [2.05, 4.69) is 6.42 Å². The second kappa shape index (κ2) is 4.99. The fourth-order valence-electron chi connectivity index (χ4n) is 2.51. The van der Waals surface area contributed by atoms with Crippen molar-refractivity contribution in [1.29, 1.82) is 0 Å². The normalized spacial score (nSPS) is 27.7. The van der Waals surface area contributed by atoms with Gasteiger partial charge in [0, 0.05) is 0 Å². The third kappa shape index (κ3) is 2.98. The molecule has 0 bridgehead atoms. The van der Waals surface area contributed by atoms with Crippen LogP contribution in [0.3, 0.4) is 0 Å². The van der Waals surface area contributed by atoms with Gasteiger partial charge in [-0.2, -0.15) is 0 Å². The van der Waals surface area contributed by atoms with Gasteiger partial charge in [0.2, 0.25) is 0 Å². The van der Waals surface area contributed by atoms with Gasteiger partial charge in [0.1, 0.15) is 0 Å². The van der Waals surface area contributed by atoms with Crippen LogP contribution in [0.2, 0.25) is 0 Å². The van der Waals surface area contributed by atoms with E-state index >= 15 is 0 Å². The third-order valence-electron chi connectivity index (χ3n) is 3.32. The Morgan fingerprint density at radius 3 is 2.08 bits per heavy atom. The zero-order chi connectivity index (χ0) is 8.93. The highest BCUT2D eigenvalue weighted by Gasteiger charge is 2.20. The molecule has 0 aromatic rings. The van der Waals surface area contributed by atoms with Crippen LogP contribution in [0, 0.1) is 6.42 Å². The minimum absolute atomic E-state index is 0.591. The van der Waals surface area contributed by atoms with Crippen molar-refractivity contribution >= 4 is 0 Å². The van der Waals surface area contributed by atoms with Gasteiger partial charge in [-0.25, -0.2) is 0 Å². The minimum atomic E-state index is 0.591. The first-order valence-electron chi connectivity index (χ1n) is 5.92. The lowest BCUT2D eigenvalue weighted by atomic mass is 9.95. The van der Waals surface area contributed by atoms with Crippen LogP contribution in [0.15, 0.2) is 0 Å². The van der Waals surface area contributed by atoms with Crippen LogP contribution in [-0.4, -0.2) is 12.2 Å². The molecule has 0 aliphatic heterocycles. The molecule has 0 N–H and O–H groups in total. The van der Waals surface area contributed by atoms with Crippen LogP contribution in [0.1, 0.15) is 57.8 Å². The van der Waals surface area contributed by atoms with Crippen LogP contribution in [0.4, 0.5) is 0 Å². The predicted molar refractivity (Wildman–Crippen MR) is 54.5 cm³/mol. The molecule has 2 aliphatic rings. The Kier molecular flexibility index (Phi) is 3.65. The molecule has 2 fully saturated rings. The van der Waals surface area contributed by atoms with Crippen molar-refractivity contribution in [3.05, 3.63) is 6.42 Å². The van der Waals surface area contributed by atoms with E-state index in [0.29, 0.717) is 12.2 Å². The Balaban J connectivity index is 1.69. The van der Waals surface area contributed by atoms with Crippen LogP contribution in [0.5, 0.6) is 0 Å². The summed E-state index contributed by atoms with van der Waals surface area (Å²) in [5.74, 6) is 0. The average molecular weight is 181 g/mol. The Morgan fingerprint density at radius 1 is 0.769 bits per heavy atom. The van der Waals surface area contributed by atoms with Gasteiger partial charge in [-0.05, 0) is 44.9 Å². The van der Waals surface area contributed by atoms with E-state index in [9.17, 15) is 0 Å². The molecule has 13 heavy (non-hydrogen) atoms. The minimum Gasteiger partial charge on any atom is -0.375 e. The first kappa shape index (κ1) is 9.51. The summed E-state index contributed by atoms with van der Waals surface area (Å²) in [5, 5.41) is 0. The predicted octanol–water partition coefficient (Wildman–Crippen LogP) is 3.48. The second-order valence-corrected chi connectivity index (χ2v) is 4.46. The Hall–Kier alpha value is -0.0400. The lowest BCUT2D eigenvalue weighted by molar-refractivity contribution is -0.0411. The first-order chi connectivity index (χ1) is 6.45. The molecule has 1 radical (unpaired) electrons. The standard InChI is InChI=1S/C12H21O/c1-3-7-11(8-4-1)13-12-9-5-2-6-10-12/h1,11-12H,2-10H2. The first-order valence-corrected chi connectivity index (χ1v) is 5.92. The Bertz CT molecular complexity index is 116. The van der Waals surface area contributed by atoms with Gasteiger partial charge in [0.05, 0.1) is 12.2 Å². The molecule has 2 aliphatic carbocycles. The average Bonchev–Trinajstić information content (AvgIpc) is 2.21. The van der Waals surface area contributed by atoms with Crippen molar-refractivity contribution in [1.82, 2.24) is 0 Å². The summed E-state index contributed by atoms with van der Waals surface area (Å²) in [5.41, 5.74) is 0. The van der Waals surface area contributed by atoms with E-state index in [-0.39, 0.29) is 0 Å². The molecule has 0 spiro atoms. The van der Waals surface area contributed by atoms with Crippen LogP contribution >= 0.6 is 0 Å². The molecular formula is C12H21O. The fraction of sp³-hybridized carbons (Fsp3) is 0.917. The van der Waals surface area contributed by atoms with Crippen molar-refractivity contribution in [3.8, 4) is 0 Å². The molecular weight excluding hydrogens is 160 g/mol. The molecule has 0 heterocycles. The summed E-state index contributed by atoms with van der Waals surface area (Å²) < 4.78 is 6.11. The van der Waals surface area contributed by atoms with E-state index in [1.54, 1.807) is 0 Å². The van der Waals surface area contributed by atoms with E-state index < -0.39 is 0 Å². The summed E-state index contributed by atoms with van der Waals surface area (Å²) in [7, 11) is 0. The Labute approximate surface area is 81.9 Å². The largest absolute Gasteiger partial charge is 0.375 e. The highest BCUT2D eigenvalue weighted by Crippen LogP contribution is 2.26. The fourth-order valence-corrected chi connectivity index (χ4v) is 2.51. The van der Waals surface area contributed by atoms with E-state index in [1.165, 1.54) is 57.8 Å². The van der Waals surface area contributed by atoms with Crippen molar-refractivity contribution < 1.29 is 4.74 Å². The molecule has 0 aromatic heterocycles. The molecule has 1 heteroatoms. The zero-order valence-electron chi connectivity index (χ0n) is 8.50. The number of hydrogen-bond donors (Lipinski definition) is 0. The quantitative estimate of drug-likeness (QED) is 0.633. The van der Waals surface area contributed by atoms with Crippen molar-refractivity contribution in [2.24, 2.45) is 0 Å². The Morgan fingerprint density at radius 2 is 1.38 bits per heavy atom. The number of rotatable bonds is 2. The molecule has 1 nitrogen and oxygen atoms in total. The molecule has 2 saturated carbocycles. The molecule has 2 rings (SSSR count). The zero-order valence-corrected chi connectivity index (χ0v) is 8.50. The van der Waals surface area contributed by atoms with Crippen molar-refractivity contribution in [3.63, 3.8) is 0 Å². The van der Waals surface area contributed by atoms with Crippen LogP contribution in [-0.2, 0) is 4.74 Å². The topological polar surface area (TPSA) is 9.23 Å². The lowest BCUT2D eigenvalue weighted by Gasteiger charge is -2.29. The van der Waals surface area contributed by atoms with Crippen LogP contribution < -0.4 is 0 Å². The SMILES string of the molecule is [CH]1CCC(OC2CCCCC2)CC1. The molecule has 0 atom stereocenters. The highest BCUT2D eigenvalue weighted by atomic mass is 16.5. The van der Waals surface area contributed by atoms with Gasteiger partial charge in [-0.3, -0.25) is 0 Å². The van der Waals surface area contributed by atoms with Crippen LogP contribution in [0.25, 0.3) is 0 Å². The van der Waals surface area contributed by atoms with Crippen molar-refractivity contribution in [2.75, 3.05) is 0 Å². The molecule has 0 aromatic carbocycles. The summed E-state index contributed by atoms with van der Waals surface area (Å²) in [6.07, 6.45) is 15.6. The monoisotopic (exact) mass is 181 g/mol. The van der Waals surface area contributed by atoms with Gasteiger partial charge < -0.3 is 4.74 Å². The lowest BCUT2D eigenvalue weighted by Crippen LogP contribution is -2.26. The molecule has 75 valence electrons. The molecule has 0 amide bonds. The summed E-state index contributed by atoms with van der Waals surface area (Å²) in [4.78, 5) is 0. The van der Waals surface area contributed by atoms with Gasteiger partial charge >= 0.3 is 0 Å². The maximum Gasteiger partial charge on any atom is 0.0579 e. The van der Waals surface area contributed by atoms with Crippen molar-refractivity contribution in [2.45, 2.75) is 70.0 Å². The van der Waals surface area contributed by atoms with E-state index in [1.807, 2.05) is 0 Å². The maximum atomic E-state index is 6.11. The second-order valence-electron chi connectivity index (χ2n) is 4.46. The summed E-state index contributed by atoms with van der Waals surface area (Å²) in [6, 6.07) is 0. The summed E-state index contributed by atoms with van der Waals surface area (Å²) in [6.45, 7) is 0. The van der Waals surface area contributed by atoms with Gasteiger partial charge in [0.15, 0.2) is 0 Å². The summed E-state index contributed by atoms with van der Waals surface area (Å²) >= 11 is 0. The highest BCUT2D eigenvalue weighted by molar-refractivity contribution is 4.78. The number of ether oxygens (including phenoxy) is 1. The number of hydrogen-bond acceptors (Lipinski definition) is 1. The van der Waals surface area contributed by atoms with Gasteiger partial charge in [-0.1, -0.05) is 19.3 Å². The van der Waals surface area contributed by atoms with E-state index in [4.69, 9.17) is 4.74 Å². The maximum absolute atomic E-state index is 6.11.